The molecule has 0 spiro atoms. The first-order chi connectivity index (χ1) is 15.5. The van der Waals surface area contributed by atoms with Gasteiger partial charge in [0.2, 0.25) is 0 Å². The summed E-state index contributed by atoms with van der Waals surface area (Å²) in [6.07, 6.45) is 2.17. The summed E-state index contributed by atoms with van der Waals surface area (Å²) in [5.74, 6) is -1.25. The lowest BCUT2D eigenvalue weighted by atomic mass is 9.74. The lowest BCUT2D eigenvalue weighted by Gasteiger charge is -2.33. The van der Waals surface area contributed by atoms with Crippen LogP contribution in [0.25, 0.3) is 16.6 Å². The molecule has 2 aromatic carbocycles. The number of halogens is 2. The van der Waals surface area contributed by atoms with Crippen LogP contribution >= 0.6 is 11.6 Å². The van der Waals surface area contributed by atoms with E-state index in [2.05, 4.69) is 10.2 Å². The highest BCUT2D eigenvalue weighted by molar-refractivity contribution is 6.35. The van der Waals surface area contributed by atoms with E-state index < -0.39 is 17.2 Å². The third kappa shape index (κ3) is 3.55. The van der Waals surface area contributed by atoms with Crippen molar-refractivity contribution in [2.75, 3.05) is 13.2 Å². The van der Waals surface area contributed by atoms with Crippen LogP contribution in [0.5, 0.6) is 5.75 Å². The number of hydrogen-bond donors (Lipinski definition) is 1. The molecule has 164 valence electrons. The Morgan fingerprint density at radius 2 is 2.03 bits per heavy atom. The highest BCUT2D eigenvalue weighted by Crippen LogP contribution is 2.37. The van der Waals surface area contributed by atoms with Gasteiger partial charge >= 0.3 is 5.97 Å². The number of aromatic nitrogens is 3. The van der Waals surface area contributed by atoms with Crippen LogP contribution in [0.3, 0.4) is 0 Å². The summed E-state index contributed by atoms with van der Waals surface area (Å²) in [7, 11) is 0. The third-order valence-corrected chi connectivity index (χ3v) is 6.31. The summed E-state index contributed by atoms with van der Waals surface area (Å²) in [5, 5.41) is 19.3. The van der Waals surface area contributed by atoms with E-state index in [-0.39, 0.29) is 25.2 Å². The van der Waals surface area contributed by atoms with Gasteiger partial charge < -0.3 is 14.6 Å². The zero-order valence-electron chi connectivity index (χ0n) is 16.9. The molecule has 9 heteroatoms. The lowest BCUT2D eigenvalue weighted by Crippen LogP contribution is -2.41. The zero-order chi connectivity index (χ0) is 22.3. The van der Waals surface area contributed by atoms with Crippen LogP contribution in [-0.2, 0) is 21.6 Å². The molecule has 0 saturated carbocycles. The van der Waals surface area contributed by atoms with E-state index in [9.17, 15) is 14.3 Å². The predicted molar refractivity (Wildman–Crippen MR) is 116 cm³/mol. The minimum Gasteiger partial charge on any atom is -0.489 e. The van der Waals surface area contributed by atoms with Crippen molar-refractivity contribution in [1.82, 2.24) is 14.6 Å². The Bertz CT molecular complexity index is 1330. The quantitative estimate of drug-likeness (QED) is 0.480. The summed E-state index contributed by atoms with van der Waals surface area (Å²) >= 11 is 6.35. The molecule has 3 heterocycles. The first-order valence-corrected chi connectivity index (χ1v) is 10.5. The Kier molecular flexibility index (Phi) is 5.19. The molecule has 2 aromatic heterocycles. The molecule has 0 amide bonds. The average Bonchev–Trinajstić information content (AvgIpc) is 3.26. The molecule has 0 bridgehead atoms. The summed E-state index contributed by atoms with van der Waals surface area (Å²) in [5.41, 5.74) is 1.49. The van der Waals surface area contributed by atoms with Crippen molar-refractivity contribution < 1.29 is 23.8 Å². The number of carboxylic acids is 1. The van der Waals surface area contributed by atoms with Gasteiger partial charge in [-0.25, -0.2) is 4.39 Å². The smallest absolute Gasteiger partial charge is 0.314 e. The van der Waals surface area contributed by atoms with E-state index in [1.54, 1.807) is 18.5 Å². The predicted octanol–water partition coefficient (Wildman–Crippen LogP) is 4.39. The van der Waals surface area contributed by atoms with Crippen molar-refractivity contribution in [1.29, 1.82) is 0 Å². The molecule has 4 aromatic rings. The lowest BCUT2D eigenvalue weighted by molar-refractivity contribution is -0.147. The van der Waals surface area contributed by atoms with Crippen LogP contribution in [0.2, 0.25) is 5.02 Å². The Morgan fingerprint density at radius 1 is 1.22 bits per heavy atom. The number of carboxylic acid groups (broad SMARTS) is 1. The topological polar surface area (TPSA) is 86.0 Å². The van der Waals surface area contributed by atoms with E-state index in [1.807, 2.05) is 22.6 Å². The second kappa shape index (κ2) is 8.03. The summed E-state index contributed by atoms with van der Waals surface area (Å²) in [6, 6.07) is 11.6. The van der Waals surface area contributed by atoms with Gasteiger partial charge in [-0.2, -0.15) is 0 Å². The van der Waals surface area contributed by atoms with Crippen molar-refractivity contribution in [3.8, 4) is 5.75 Å². The first-order valence-electron chi connectivity index (χ1n) is 10.1. The Balaban J connectivity index is 1.45. The molecule has 0 unspecified atom stereocenters. The molecular weight excluding hydrogens is 437 g/mol. The SMILES string of the molecule is O=C(O)C1(c2cc(F)cc(OCc3ccc4c(Cl)cc5nncn5c4c3)c2)CCOCC1. The first kappa shape index (κ1) is 20.7. The largest absolute Gasteiger partial charge is 0.489 e. The van der Waals surface area contributed by atoms with E-state index >= 15 is 0 Å². The van der Waals surface area contributed by atoms with Crippen LogP contribution in [0, 0.1) is 5.82 Å². The van der Waals surface area contributed by atoms with Crippen LogP contribution in [0.4, 0.5) is 4.39 Å². The Morgan fingerprint density at radius 3 is 2.81 bits per heavy atom. The van der Waals surface area contributed by atoms with Crippen molar-refractivity contribution in [2.24, 2.45) is 0 Å². The summed E-state index contributed by atoms with van der Waals surface area (Å²) in [4.78, 5) is 12.1. The standard InChI is InChI=1S/C23H19ClFN3O4/c24-19-11-21-27-26-13-28(21)20-7-14(1-2-18(19)20)12-32-17-9-15(8-16(25)10-17)23(22(29)30)3-5-31-6-4-23/h1-2,7-11,13H,3-6,12H2,(H,29,30). The number of nitrogens with zero attached hydrogens (tertiary/aromatic N) is 3. The molecule has 1 N–H and O–H groups in total. The number of ether oxygens (including phenoxy) is 2. The van der Waals surface area contributed by atoms with Crippen molar-refractivity contribution in [3.63, 3.8) is 0 Å². The fourth-order valence-corrected chi connectivity index (χ4v) is 4.48. The maximum absolute atomic E-state index is 14.4. The van der Waals surface area contributed by atoms with E-state index in [1.165, 1.54) is 12.1 Å². The fourth-order valence-electron chi connectivity index (χ4n) is 4.22. The second-order valence-electron chi connectivity index (χ2n) is 7.87. The van der Waals surface area contributed by atoms with E-state index in [4.69, 9.17) is 21.1 Å². The maximum atomic E-state index is 14.4. The number of benzene rings is 2. The third-order valence-electron chi connectivity index (χ3n) is 5.99. The number of rotatable bonds is 5. The molecule has 5 rings (SSSR count). The molecule has 1 fully saturated rings. The van der Waals surface area contributed by atoms with E-state index in [0.717, 1.165) is 16.5 Å². The monoisotopic (exact) mass is 455 g/mol. The molecular formula is C23H19ClFN3O4. The van der Waals surface area contributed by atoms with Gasteiger partial charge in [-0.05, 0) is 42.2 Å². The molecule has 1 aliphatic heterocycles. The van der Waals surface area contributed by atoms with Crippen LogP contribution in [0.1, 0.15) is 24.0 Å². The van der Waals surface area contributed by atoms with Gasteiger partial charge in [-0.1, -0.05) is 23.7 Å². The normalized spacial score (nSPS) is 15.8. The van der Waals surface area contributed by atoms with Gasteiger partial charge in [0.05, 0.1) is 16.0 Å². The maximum Gasteiger partial charge on any atom is 0.314 e. The minimum absolute atomic E-state index is 0.165. The van der Waals surface area contributed by atoms with Gasteiger partial charge in [0.25, 0.3) is 0 Å². The highest BCUT2D eigenvalue weighted by Gasteiger charge is 2.42. The number of pyridine rings is 1. The number of aliphatic carboxylic acids is 1. The van der Waals surface area contributed by atoms with Crippen molar-refractivity contribution in [3.05, 3.63) is 70.8 Å². The van der Waals surface area contributed by atoms with E-state index in [0.29, 0.717) is 29.4 Å². The number of carbonyl (C=O) groups is 1. The number of fused-ring (bicyclic) bond motifs is 3. The molecule has 0 atom stereocenters. The molecule has 1 aliphatic rings. The zero-order valence-corrected chi connectivity index (χ0v) is 17.7. The molecule has 0 aliphatic carbocycles. The Labute approximate surface area is 187 Å². The second-order valence-corrected chi connectivity index (χ2v) is 8.27. The van der Waals surface area contributed by atoms with Crippen LogP contribution in [0.15, 0.2) is 48.8 Å². The molecule has 1 saturated heterocycles. The van der Waals surface area contributed by atoms with Crippen LogP contribution in [-0.4, -0.2) is 38.9 Å². The van der Waals surface area contributed by atoms with Gasteiger partial charge in [0.15, 0.2) is 5.65 Å². The van der Waals surface area contributed by atoms with Crippen molar-refractivity contribution in [2.45, 2.75) is 24.9 Å². The van der Waals surface area contributed by atoms with Gasteiger partial charge in [-0.15, -0.1) is 10.2 Å². The van der Waals surface area contributed by atoms with Crippen molar-refractivity contribution >= 4 is 34.1 Å². The fraction of sp³-hybridized carbons (Fsp3) is 0.261. The number of hydrogen-bond acceptors (Lipinski definition) is 5. The summed E-state index contributed by atoms with van der Waals surface area (Å²) < 4.78 is 27.4. The minimum atomic E-state index is -1.18. The molecule has 0 radical (unpaired) electrons. The molecule has 32 heavy (non-hydrogen) atoms. The van der Waals surface area contributed by atoms with Gasteiger partial charge in [-0.3, -0.25) is 9.20 Å². The highest BCUT2D eigenvalue weighted by atomic mass is 35.5. The van der Waals surface area contributed by atoms with Gasteiger partial charge in [0.1, 0.15) is 24.5 Å². The molecule has 7 nitrogen and oxygen atoms in total. The van der Waals surface area contributed by atoms with Gasteiger partial charge in [0, 0.05) is 30.7 Å². The van der Waals surface area contributed by atoms with Crippen LogP contribution < -0.4 is 4.74 Å². The average molecular weight is 456 g/mol. The Hall–Kier alpha value is -3.23. The summed E-state index contributed by atoms with van der Waals surface area (Å²) in [6.45, 7) is 0.796.